The van der Waals surface area contributed by atoms with Crippen molar-refractivity contribution in [2.75, 3.05) is 17.2 Å². The minimum absolute atomic E-state index is 0.0498. The van der Waals surface area contributed by atoms with E-state index in [4.69, 9.17) is 19.8 Å². The highest BCUT2D eigenvalue weighted by Gasteiger charge is 2.38. The molecule has 0 radical (unpaired) electrons. The van der Waals surface area contributed by atoms with Gasteiger partial charge in [-0.25, -0.2) is 14.6 Å². The summed E-state index contributed by atoms with van der Waals surface area (Å²) in [6, 6.07) is 5.71. The molecule has 3 rings (SSSR count). The molecule has 0 saturated carbocycles. The first-order valence-electron chi connectivity index (χ1n) is 7.76. The van der Waals surface area contributed by atoms with Gasteiger partial charge in [0, 0.05) is 24.2 Å². The number of carbonyl (C=O) groups is 3. The zero-order chi connectivity index (χ0) is 23.8. The first-order chi connectivity index (χ1) is 14.2. The van der Waals surface area contributed by atoms with Crippen LogP contribution in [0.2, 0.25) is 0 Å². The van der Waals surface area contributed by atoms with Gasteiger partial charge in [-0.3, -0.25) is 9.78 Å². The maximum atomic E-state index is 11.3. The molecular weight excluding hydrogens is 442 g/mol. The molecule has 1 aliphatic heterocycles. The van der Waals surface area contributed by atoms with Crippen molar-refractivity contribution < 1.29 is 50.9 Å². The number of alkyl halides is 6. The summed E-state index contributed by atoms with van der Waals surface area (Å²) in [5.74, 6) is -4.85. The summed E-state index contributed by atoms with van der Waals surface area (Å²) in [5, 5.41) is 20.0. The van der Waals surface area contributed by atoms with Crippen molar-refractivity contribution in [2.24, 2.45) is 0 Å². The van der Waals surface area contributed by atoms with E-state index in [1.165, 1.54) is 0 Å². The normalized spacial score (nSPS) is 12.5. The Hall–Kier alpha value is -3.91. The van der Waals surface area contributed by atoms with Crippen LogP contribution in [0.3, 0.4) is 0 Å². The van der Waals surface area contributed by atoms with Crippen LogP contribution in [-0.4, -0.2) is 56.9 Å². The average Bonchev–Trinajstić information content (AvgIpc) is 2.67. The van der Waals surface area contributed by atoms with Gasteiger partial charge in [0.2, 0.25) is 5.91 Å². The van der Waals surface area contributed by atoms with Gasteiger partial charge in [-0.2, -0.15) is 26.3 Å². The topological polar surface area (TPSA) is 142 Å². The molecule has 1 aliphatic rings. The number of carboxylic acid groups (broad SMARTS) is 2. The molecule has 2 aromatic heterocycles. The number of carboxylic acids is 2. The van der Waals surface area contributed by atoms with Gasteiger partial charge in [0.1, 0.15) is 5.82 Å². The summed E-state index contributed by atoms with van der Waals surface area (Å²) >= 11 is 0. The second kappa shape index (κ2) is 10.2. The summed E-state index contributed by atoms with van der Waals surface area (Å²) in [4.78, 5) is 37.3. The van der Waals surface area contributed by atoms with E-state index in [0.717, 1.165) is 16.8 Å². The Kier molecular flexibility index (Phi) is 8.28. The quantitative estimate of drug-likeness (QED) is 0.482. The summed E-state index contributed by atoms with van der Waals surface area (Å²) in [5.41, 5.74) is 2.70. The second-order valence-corrected chi connectivity index (χ2v) is 5.36. The van der Waals surface area contributed by atoms with Crippen molar-refractivity contribution in [1.29, 1.82) is 0 Å². The van der Waals surface area contributed by atoms with Gasteiger partial charge >= 0.3 is 24.3 Å². The van der Waals surface area contributed by atoms with Crippen LogP contribution < -0.4 is 10.6 Å². The first kappa shape index (κ1) is 25.1. The molecule has 15 heteroatoms. The predicted octanol–water partition coefficient (Wildman–Crippen LogP) is 2.77. The zero-order valence-corrected chi connectivity index (χ0v) is 15.0. The van der Waals surface area contributed by atoms with E-state index in [9.17, 15) is 31.1 Å². The lowest BCUT2D eigenvalue weighted by Crippen LogP contribution is -2.27. The van der Waals surface area contributed by atoms with E-state index in [2.05, 4.69) is 20.6 Å². The minimum Gasteiger partial charge on any atom is -0.475 e. The predicted molar refractivity (Wildman–Crippen MR) is 92.0 cm³/mol. The molecule has 0 fully saturated rings. The van der Waals surface area contributed by atoms with Gasteiger partial charge in [0.15, 0.2) is 0 Å². The number of fused-ring (bicyclic) bond motifs is 1. The molecule has 31 heavy (non-hydrogen) atoms. The van der Waals surface area contributed by atoms with Crippen molar-refractivity contribution in [2.45, 2.75) is 12.4 Å². The lowest BCUT2D eigenvalue weighted by atomic mass is 10.1. The lowest BCUT2D eigenvalue weighted by Gasteiger charge is -2.18. The van der Waals surface area contributed by atoms with E-state index in [0.29, 0.717) is 5.82 Å². The molecule has 0 spiro atoms. The standard InChI is InChI=1S/C12H10N4O.2C2HF3O2/c17-11-7-15-12-10(16-11)5-9(6-14-12)8-1-3-13-4-2-8;2*3-2(4,5)1(6)7/h1-6H,7H2,(H,14,15)(H,16,17);2*(H,6,7). The highest BCUT2D eigenvalue weighted by atomic mass is 19.4. The van der Waals surface area contributed by atoms with Crippen molar-refractivity contribution in [3.63, 3.8) is 0 Å². The first-order valence-corrected chi connectivity index (χ1v) is 7.76. The smallest absolute Gasteiger partial charge is 0.475 e. The third-order valence-electron chi connectivity index (χ3n) is 3.08. The van der Waals surface area contributed by atoms with Gasteiger partial charge in [0.25, 0.3) is 0 Å². The number of halogens is 6. The summed E-state index contributed by atoms with van der Waals surface area (Å²) < 4.78 is 63.5. The van der Waals surface area contributed by atoms with Gasteiger partial charge in [-0.1, -0.05) is 0 Å². The number of anilines is 2. The molecule has 2 aromatic rings. The maximum Gasteiger partial charge on any atom is 0.490 e. The Balaban J connectivity index is 0.000000288. The van der Waals surface area contributed by atoms with Crippen molar-refractivity contribution in [3.8, 4) is 11.1 Å². The number of carbonyl (C=O) groups excluding carboxylic acids is 1. The number of amides is 1. The highest BCUT2D eigenvalue weighted by molar-refractivity contribution is 6.00. The molecule has 3 heterocycles. The zero-order valence-electron chi connectivity index (χ0n) is 15.0. The molecular formula is C16H12F6N4O5. The fourth-order valence-electron chi connectivity index (χ4n) is 1.76. The maximum absolute atomic E-state index is 11.3. The summed E-state index contributed by atoms with van der Waals surface area (Å²) in [6.45, 7) is 0.272. The number of hydrogen-bond donors (Lipinski definition) is 4. The summed E-state index contributed by atoms with van der Waals surface area (Å²) in [6.07, 6.45) is -4.93. The number of pyridine rings is 2. The van der Waals surface area contributed by atoms with E-state index in [1.807, 2.05) is 18.2 Å². The van der Waals surface area contributed by atoms with Crippen LogP contribution in [0.15, 0.2) is 36.8 Å². The molecule has 1 amide bonds. The van der Waals surface area contributed by atoms with Crippen molar-refractivity contribution in [1.82, 2.24) is 9.97 Å². The number of aliphatic carboxylic acids is 2. The Bertz CT molecular complexity index is 910. The second-order valence-electron chi connectivity index (χ2n) is 5.36. The third kappa shape index (κ3) is 8.55. The monoisotopic (exact) mass is 454 g/mol. The fourth-order valence-corrected chi connectivity index (χ4v) is 1.76. The van der Waals surface area contributed by atoms with E-state index in [-0.39, 0.29) is 12.5 Å². The van der Waals surface area contributed by atoms with E-state index < -0.39 is 24.3 Å². The van der Waals surface area contributed by atoms with Gasteiger partial charge in [0.05, 0.1) is 12.2 Å². The number of aromatic nitrogens is 2. The number of nitrogens with zero attached hydrogens (tertiary/aromatic N) is 2. The largest absolute Gasteiger partial charge is 0.490 e. The van der Waals surface area contributed by atoms with Gasteiger partial charge in [-0.15, -0.1) is 0 Å². The van der Waals surface area contributed by atoms with Crippen LogP contribution in [0.5, 0.6) is 0 Å². The third-order valence-corrected chi connectivity index (χ3v) is 3.08. The Labute approximate surface area is 168 Å². The molecule has 168 valence electrons. The van der Waals surface area contributed by atoms with Gasteiger partial charge in [-0.05, 0) is 23.8 Å². The molecule has 9 nitrogen and oxygen atoms in total. The number of hydrogen-bond acceptors (Lipinski definition) is 6. The average molecular weight is 454 g/mol. The van der Waals surface area contributed by atoms with E-state index >= 15 is 0 Å². The van der Waals surface area contributed by atoms with Crippen LogP contribution in [-0.2, 0) is 14.4 Å². The Morgan fingerprint density at radius 1 is 0.935 bits per heavy atom. The lowest BCUT2D eigenvalue weighted by molar-refractivity contribution is -0.193. The van der Waals surface area contributed by atoms with Crippen molar-refractivity contribution >= 4 is 29.4 Å². The number of nitrogens with one attached hydrogen (secondary N) is 2. The van der Waals surface area contributed by atoms with E-state index in [1.54, 1.807) is 18.6 Å². The molecule has 0 atom stereocenters. The molecule has 0 aliphatic carbocycles. The molecule has 0 unspecified atom stereocenters. The van der Waals surface area contributed by atoms with Crippen LogP contribution in [0.4, 0.5) is 37.8 Å². The van der Waals surface area contributed by atoms with Crippen LogP contribution in [0, 0.1) is 0 Å². The summed E-state index contributed by atoms with van der Waals surface area (Å²) in [7, 11) is 0. The Morgan fingerprint density at radius 3 is 1.87 bits per heavy atom. The molecule has 0 saturated heterocycles. The molecule has 4 N–H and O–H groups in total. The highest BCUT2D eigenvalue weighted by Crippen LogP contribution is 2.27. The van der Waals surface area contributed by atoms with Crippen LogP contribution in [0.25, 0.3) is 11.1 Å². The molecule has 0 bridgehead atoms. The molecule has 0 aromatic carbocycles. The minimum atomic E-state index is -5.08. The number of rotatable bonds is 1. The SMILES string of the molecule is O=C(O)C(F)(F)F.O=C(O)C(F)(F)F.O=C1CNc2ncc(-c3ccncc3)cc2N1. The van der Waals surface area contributed by atoms with Crippen LogP contribution >= 0.6 is 0 Å². The van der Waals surface area contributed by atoms with Gasteiger partial charge < -0.3 is 20.8 Å². The van der Waals surface area contributed by atoms with Crippen molar-refractivity contribution in [3.05, 3.63) is 36.8 Å². The van der Waals surface area contributed by atoms with Crippen LogP contribution in [0.1, 0.15) is 0 Å². The fraction of sp³-hybridized carbons (Fsp3) is 0.188. The Morgan fingerprint density at radius 2 is 1.42 bits per heavy atom.